The fourth-order valence-corrected chi connectivity index (χ4v) is 1.57. The summed E-state index contributed by atoms with van der Waals surface area (Å²) in [5.41, 5.74) is 2.20. The summed E-state index contributed by atoms with van der Waals surface area (Å²) in [6.07, 6.45) is 3.34. The molecule has 2 N–H and O–H groups in total. The molecule has 0 aliphatic carbocycles. The van der Waals surface area contributed by atoms with E-state index < -0.39 is 0 Å². The van der Waals surface area contributed by atoms with Crippen LogP contribution in [-0.2, 0) is 0 Å². The molecule has 0 fully saturated rings. The highest BCUT2D eigenvalue weighted by Crippen LogP contribution is 2.26. The minimum absolute atomic E-state index is 0.455. The van der Waals surface area contributed by atoms with Crippen LogP contribution in [0.4, 0.5) is 5.82 Å². The van der Waals surface area contributed by atoms with Crippen LogP contribution < -0.4 is 5.32 Å². The van der Waals surface area contributed by atoms with E-state index in [1.54, 1.807) is 0 Å². The van der Waals surface area contributed by atoms with Crippen LogP contribution in [0, 0.1) is 11.8 Å². The van der Waals surface area contributed by atoms with Crippen molar-refractivity contribution in [3.63, 3.8) is 0 Å². The zero-order valence-corrected chi connectivity index (χ0v) is 10.8. The minimum Gasteiger partial charge on any atom is -0.370 e. The average Bonchev–Trinajstić information content (AvgIpc) is 2.65. The second kappa shape index (κ2) is 5.68. The molecule has 1 heterocycles. The van der Waals surface area contributed by atoms with Crippen molar-refractivity contribution in [1.29, 1.82) is 0 Å². The Kier molecular flexibility index (Phi) is 4.52. The largest absolute Gasteiger partial charge is 0.370 e. The van der Waals surface area contributed by atoms with Crippen LogP contribution in [0.5, 0.6) is 0 Å². The van der Waals surface area contributed by atoms with Crippen molar-refractivity contribution in [1.82, 2.24) is 15.4 Å². The Morgan fingerprint density at radius 1 is 1.31 bits per heavy atom. The molecule has 0 amide bonds. The first-order valence-electron chi connectivity index (χ1n) is 5.85. The Morgan fingerprint density at radius 3 is 2.50 bits per heavy atom. The van der Waals surface area contributed by atoms with Crippen molar-refractivity contribution >= 4 is 11.4 Å². The molecule has 4 heteroatoms. The van der Waals surface area contributed by atoms with Gasteiger partial charge in [-0.1, -0.05) is 33.8 Å². The lowest BCUT2D eigenvalue weighted by molar-refractivity contribution is 0.661. The van der Waals surface area contributed by atoms with E-state index in [9.17, 15) is 0 Å². The van der Waals surface area contributed by atoms with Crippen LogP contribution in [0.1, 0.15) is 39.8 Å². The average molecular weight is 222 g/mol. The molecule has 4 nitrogen and oxygen atoms in total. The van der Waals surface area contributed by atoms with Crippen LogP contribution in [0.25, 0.3) is 5.57 Å². The zero-order chi connectivity index (χ0) is 12.1. The maximum absolute atomic E-state index is 4.22. The summed E-state index contributed by atoms with van der Waals surface area (Å²) in [5.74, 6) is 1.94. The predicted octanol–water partition coefficient (Wildman–Crippen LogP) is 2.93. The number of allylic oxidation sites excluding steroid dienone is 2. The molecule has 16 heavy (non-hydrogen) atoms. The van der Waals surface area contributed by atoms with Crippen LogP contribution in [0.3, 0.4) is 0 Å². The number of hydrogen-bond acceptors (Lipinski definition) is 3. The third-order valence-corrected chi connectivity index (χ3v) is 2.49. The molecule has 0 atom stereocenters. The van der Waals surface area contributed by atoms with Gasteiger partial charge >= 0.3 is 0 Å². The highest BCUT2D eigenvalue weighted by atomic mass is 15.4. The lowest BCUT2D eigenvalue weighted by atomic mass is 9.96. The van der Waals surface area contributed by atoms with E-state index >= 15 is 0 Å². The zero-order valence-electron chi connectivity index (χ0n) is 10.8. The molecule has 1 aromatic rings. The van der Waals surface area contributed by atoms with E-state index in [1.807, 2.05) is 7.05 Å². The maximum atomic E-state index is 4.22. The molecule has 1 rings (SSSR count). The lowest BCUT2D eigenvalue weighted by Crippen LogP contribution is -2.00. The van der Waals surface area contributed by atoms with Crippen LogP contribution >= 0.6 is 0 Å². The molecule has 0 saturated carbocycles. The van der Waals surface area contributed by atoms with E-state index in [1.165, 1.54) is 5.57 Å². The SMILES string of the molecule is CNc1n[nH]nc1/C(=C\CC(C)C)C(C)C. The maximum Gasteiger partial charge on any atom is 0.175 e. The van der Waals surface area contributed by atoms with Crippen molar-refractivity contribution in [3.05, 3.63) is 11.8 Å². The monoisotopic (exact) mass is 222 g/mol. The van der Waals surface area contributed by atoms with Gasteiger partial charge in [-0.3, -0.25) is 0 Å². The molecule has 1 aromatic heterocycles. The summed E-state index contributed by atoms with van der Waals surface area (Å²) >= 11 is 0. The Bertz CT molecular complexity index is 350. The fraction of sp³-hybridized carbons (Fsp3) is 0.667. The van der Waals surface area contributed by atoms with Crippen molar-refractivity contribution in [3.8, 4) is 0 Å². The summed E-state index contributed by atoms with van der Waals surface area (Å²) in [6.45, 7) is 8.80. The normalized spacial score (nSPS) is 12.6. The molecule has 0 unspecified atom stereocenters. The molecular formula is C12H22N4. The standard InChI is InChI=1S/C12H22N4/c1-8(2)6-7-10(9(3)4)11-12(13-5)15-16-14-11/h7-9H,6H2,1-5H3,(H2,13,14,15,16)/b10-7-. The smallest absolute Gasteiger partial charge is 0.175 e. The molecule has 0 aromatic carbocycles. The van der Waals surface area contributed by atoms with Gasteiger partial charge in [0, 0.05) is 7.05 Å². The topological polar surface area (TPSA) is 53.6 Å². The van der Waals surface area contributed by atoms with Crippen LogP contribution in [0.15, 0.2) is 6.08 Å². The summed E-state index contributed by atoms with van der Waals surface area (Å²) in [5, 5.41) is 14.0. The van der Waals surface area contributed by atoms with Gasteiger partial charge < -0.3 is 5.32 Å². The summed E-state index contributed by atoms with van der Waals surface area (Å²) in [4.78, 5) is 0. The number of aromatic amines is 1. The van der Waals surface area contributed by atoms with E-state index in [4.69, 9.17) is 0 Å². The summed E-state index contributed by atoms with van der Waals surface area (Å²) in [6, 6.07) is 0. The number of hydrogen-bond donors (Lipinski definition) is 2. The van der Waals surface area contributed by atoms with Gasteiger partial charge in [-0.2, -0.15) is 10.3 Å². The molecule has 0 aliphatic rings. The van der Waals surface area contributed by atoms with Crippen LogP contribution in [-0.4, -0.2) is 22.5 Å². The first-order chi connectivity index (χ1) is 7.56. The van der Waals surface area contributed by atoms with Crippen molar-refractivity contribution in [2.45, 2.75) is 34.1 Å². The number of rotatable bonds is 5. The predicted molar refractivity (Wildman–Crippen MR) is 68.2 cm³/mol. The number of nitrogens with zero attached hydrogens (tertiary/aromatic N) is 2. The van der Waals surface area contributed by atoms with Crippen molar-refractivity contribution in [2.75, 3.05) is 12.4 Å². The second-order valence-corrected chi connectivity index (χ2v) is 4.71. The number of anilines is 1. The van der Waals surface area contributed by atoms with E-state index in [-0.39, 0.29) is 0 Å². The first-order valence-corrected chi connectivity index (χ1v) is 5.85. The molecule has 0 spiro atoms. The number of H-pyrrole nitrogens is 1. The van der Waals surface area contributed by atoms with Crippen LogP contribution in [0.2, 0.25) is 0 Å². The molecule has 90 valence electrons. The van der Waals surface area contributed by atoms with E-state index in [2.05, 4.69) is 54.5 Å². The quantitative estimate of drug-likeness (QED) is 0.805. The highest BCUT2D eigenvalue weighted by Gasteiger charge is 2.14. The molecule has 0 radical (unpaired) electrons. The lowest BCUT2D eigenvalue weighted by Gasteiger charge is -2.11. The number of nitrogens with one attached hydrogen (secondary N) is 2. The van der Waals surface area contributed by atoms with Crippen molar-refractivity contribution < 1.29 is 0 Å². The third-order valence-electron chi connectivity index (χ3n) is 2.49. The second-order valence-electron chi connectivity index (χ2n) is 4.71. The van der Waals surface area contributed by atoms with E-state index in [0.29, 0.717) is 11.8 Å². The summed E-state index contributed by atoms with van der Waals surface area (Å²) in [7, 11) is 1.86. The molecule has 0 saturated heterocycles. The van der Waals surface area contributed by atoms with Gasteiger partial charge in [-0.15, -0.1) is 5.10 Å². The van der Waals surface area contributed by atoms with Gasteiger partial charge in [0.25, 0.3) is 0 Å². The molecular weight excluding hydrogens is 200 g/mol. The first kappa shape index (κ1) is 12.7. The van der Waals surface area contributed by atoms with Gasteiger partial charge in [0.1, 0.15) is 5.69 Å². The highest BCUT2D eigenvalue weighted by molar-refractivity contribution is 5.71. The van der Waals surface area contributed by atoms with Gasteiger partial charge in [0.05, 0.1) is 0 Å². The van der Waals surface area contributed by atoms with Crippen molar-refractivity contribution in [2.24, 2.45) is 11.8 Å². The molecule has 0 aliphatic heterocycles. The van der Waals surface area contributed by atoms with E-state index in [0.717, 1.165) is 17.9 Å². The van der Waals surface area contributed by atoms with Gasteiger partial charge in [0.2, 0.25) is 0 Å². The third kappa shape index (κ3) is 3.08. The fourth-order valence-electron chi connectivity index (χ4n) is 1.57. The number of aromatic nitrogens is 3. The van der Waals surface area contributed by atoms with Gasteiger partial charge in [-0.25, -0.2) is 0 Å². The Morgan fingerprint density at radius 2 is 2.00 bits per heavy atom. The Hall–Kier alpha value is -1.32. The Labute approximate surface area is 97.5 Å². The minimum atomic E-state index is 0.455. The molecule has 0 bridgehead atoms. The van der Waals surface area contributed by atoms with Gasteiger partial charge in [-0.05, 0) is 23.8 Å². The van der Waals surface area contributed by atoms with Gasteiger partial charge in [0.15, 0.2) is 5.82 Å². The Balaban J connectivity index is 2.98. The summed E-state index contributed by atoms with van der Waals surface area (Å²) < 4.78 is 0.